The first-order chi connectivity index (χ1) is 5.86. The molecule has 68 valence electrons. The normalized spacial score (nSPS) is 36.5. The van der Waals surface area contributed by atoms with Crippen LogP contribution in [-0.2, 0) is 9.53 Å². The maximum absolute atomic E-state index is 11.0. The second kappa shape index (κ2) is 3.46. The molecule has 0 radical (unpaired) electrons. The molecule has 1 aliphatic heterocycles. The van der Waals surface area contributed by atoms with Crippen LogP contribution in [0.15, 0.2) is 0 Å². The van der Waals surface area contributed by atoms with Gasteiger partial charge in [-0.15, -0.1) is 0 Å². The lowest BCUT2D eigenvalue weighted by atomic mass is 9.78. The molecule has 0 aromatic heterocycles. The van der Waals surface area contributed by atoms with Gasteiger partial charge in [-0.05, 0) is 24.7 Å². The minimum Gasteiger partial charge on any atom is -0.465 e. The molecule has 0 unspecified atom stereocenters. The molecule has 2 fully saturated rings. The quantitative estimate of drug-likeness (QED) is 0.518. The molecule has 2 aliphatic rings. The van der Waals surface area contributed by atoms with E-state index in [1.54, 1.807) is 0 Å². The molecule has 2 atom stereocenters. The van der Waals surface area contributed by atoms with Gasteiger partial charge in [-0.3, -0.25) is 4.79 Å². The number of carbonyl (C=O) groups is 1. The van der Waals surface area contributed by atoms with Crippen molar-refractivity contribution >= 4 is 5.97 Å². The number of rotatable bonds is 0. The second-order valence-electron chi connectivity index (χ2n) is 4.03. The van der Waals surface area contributed by atoms with Crippen molar-refractivity contribution in [3.8, 4) is 0 Å². The predicted molar refractivity (Wildman–Crippen MR) is 45.6 cm³/mol. The number of cyclic esters (lactones) is 1. The van der Waals surface area contributed by atoms with Gasteiger partial charge in [0.25, 0.3) is 0 Å². The molecule has 2 nitrogen and oxygen atoms in total. The van der Waals surface area contributed by atoms with E-state index in [0.717, 1.165) is 12.3 Å². The lowest BCUT2D eigenvalue weighted by Crippen LogP contribution is -2.21. The Bertz CT molecular complexity index is 159. The molecule has 1 aliphatic carbocycles. The van der Waals surface area contributed by atoms with Gasteiger partial charge in [0, 0.05) is 6.42 Å². The summed E-state index contributed by atoms with van der Waals surface area (Å²) in [5.41, 5.74) is 0. The molecular formula is C10H16O2. The van der Waals surface area contributed by atoms with E-state index in [4.69, 9.17) is 4.74 Å². The zero-order chi connectivity index (χ0) is 8.39. The van der Waals surface area contributed by atoms with Gasteiger partial charge in [-0.2, -0.15) is 0 Å². The third-order valence-electron chi connectivity index (χ3n) is 3.24. The highest BCUT2D eigenvalue weighted by atomic mass is 16.5. The van der Waals surface area contributed by atoms with Crippen LogP contribution in [0.3, 0.4) is 0 Å². The smallest absolute Gasteiger partial charge is 0.305 e. The summed E-state index contributed by atoms with van der Waals surface area (Å²) in [4.78, 5) is 11.0. The molecule has 0 amide bonds. The number of hydrogen-bond donors (Lipinski definition) is 0. The number of fused-ring (bicyclic) bond motifs is 1. The van der Waals surface area contributed by atoms with Crippen molar-refractivity contribution in [1.82, 2.24) is 0 Å². The van der Waals surface area contributed by atoms with Gasteiger partial charge < -0.3 is 4.74 Å². The summed E-state index contributed by atoms with van der Waals surface area (Å²) in [5.74, 6) is 1.49. The molecule has 0 aromatic carbocycles. The molecule has 0 N–H and O–H groups in total. The van der Waals surface area contributed by atoms with Gasteiger partial charge in [0.05, 0.1) is 6.61 Å². The second-order valence-corrected chi connectivity index (χ2v) is 4.03. The molecule has 2 rings (SSSR count). The minimum absolute atomic E-state index is 0.0180. The highest BCUT2D eigenvalue weighted by Gasteiger charge is 2.29. The van der Waals surface area contributed by atoms with Crippen molar-refractivity contribution in [2.75, 3.05) is 6.61 Å². The van der Waals surface area contributed by atoms with Crippen LogP contribution in [-0.4, -0.2) is 12.6 Å². The van der Waals surface area contributed by atoms with Crippen molar-refractivity contribution in [2.45, 2.75) is 38.5 Å². The summed E-state index contributed by atoms with van der Waals surface area (Å²) in [6, 6.07) is 0. The van der Waals surface area contributed by atoms with Crippen molar-refractivity contribution in [1.29, 1.82) is 0 Å². The van der Waals surface area contributed by atoms with E-state index in [1.165, 1.54) is 25.7 Å². The SMILES string of the molecule is O=C1CC[C@@H]2CCCC[C@@H]2CO1. The number of carbonyl (C=O) groups excluding carboxylic acids is 1. The largest absolute Gasteiger partial charge is 0.465 e. The van der Waals surface area contributed by atoms with E-state index < -0.39 is 0 Å². The Labute approximate surface area is 73.3 Å². The van der Waals surface area contributed by atoms with Crippen LogP contribution in [0.25, 0.3) is 0 Å². The third-order valence-corrected chi connectivity index (χ3v) is 3.24. The molecule has 12 heavy (non-hydrogen) atoms. The Morgan fingerprint density at radius 3 is 2.67 bits per heavy atom. The maximum Gasteiger partial charge on any atom is 0.305 e. The monoisotopic (exact) mass is 168 g/mol. The highest BCUT2D eigenvalue weighted by molar-refractivity contribution is 5.69. The van der Waals surface area contributed by atoms with Crippen LogP contribution in [0.5, 0.6) is 0 Å². The van der Waals surface area contributed by atoms with Gasteiger partial charge in [0.15, 0.2) is 0 Å². The Hall–Kier alpha value is -0.530. The zero-order valence-corrected chi connectivity index (χ0v) is 7.42. The van der Waals surface area contributed by atoms with Gasteiger partial charge in [0.1, 0.15) is 0 Å². The summed E-state index contributed by atoms with van der Waals surface area (Å²) in [7, 11) is 0. The molecule has 0 bridgehead atoms. The molecular weight excluding hydrogens is 152 g/mol. The van der Waals surface area contributed by atoms with Crippen molar-refractivity contribution in [3.05, 3.63) is 0 Å². The lowest BCUT2D eigenvalue weighted by Gasteiger charge is -2.28. The van der Waals surface area contributed by atoms with Crippen LogP contribution in [0, 0.1) is 11.8 Å². The summed E-state index contributed by atoms with van der Waals surface area (Å²) in [5, 5.41) is 0. The third kappa shape index (κ3) is 1.62. The van der Waals surface area contributed by atoms with Crippen LogP contribution < -0.4 is 0 Å². The standard InChI is InChI=1S/C10H16O2/c11-10-6-5-8-3-1-2-4-9(8)7-12-10/h8-9H,1-7H2/t8-,9+/m0/s1. The van der Waals surface area contributed by atoms with Gasteiger partial charge in [-0.1, -0.05) is 19.3 Å². The molecule has 1 heterocycles. The maximum atomic E-state index is 11.0. The topological polar surface area (TPSA) is 26.3 Å². The molecule has 1 saturated carbocycles. The average Bonchev–Trinajstić information content (AvgIpc) is 2.29. The number of ether oxygens (including phenoxy) is 1. The fourth-order valence-corrected chi connectivity index (χ4v) is 2.46. The van der Waals surface area contributed by atoms with Crippen molar-refractivity contribution in [2.24, 2.45) is 11.8 Å². The van der Waals surface area contributed by atoms with Crippen molar-refractivity contribution in [3.63, 3.8) is 0 Å². The van der Waals surface area contributed by atoms with E-state index in [1.807, 2.05) is 0 Å². The first-order valence-corrected chi connectivity index (χ1v) is 5.02. The average molecular weight is 168 g/mol. The summed E-state index contributed by atoms with van der Waals surface area (Å²) < 4.78 is 5.13. The van der Waals surface area contributed by atoms with Gasteiger partial charge in [-0.25, -0.2) is 0 Å². The van der Waals surface area contributed by atoms with Crippen LogP contribution >= 0.6 is 0 Å². The predicted octanol–water partition coefficient (Wildman–Crippen LogP) is 2.13. The first kappa shape index (κ1) is 8.09. The first-order valence-electron chi connectivity index (χ1n) is 5.02. The Kier molecular flexibility index (Phi) is 2.33. The molecule has 0 spiro atoms. The van der Waals surface area contributed by atoms with Gasteiger partial charge in [0.2, 0.25) is 0 Å². The minimum atomic E-state index is 0.0180. The van der Waals surface area contributed by atoms with Crippen molar-refractivity contribution < 1.29 is 9.53 Å². The van der Waals surface area contributed by atoms with Crippen LogP contribution in [0.1, 0.15) is 38.5 Å². The van der Waals surface area contributed by atoms with E-state index in [-0.39, 0.29) is 5.97 Å². The molecule has 1 saturated heterocycles. The summed E-state index contributed by atoms with van der Waals surface area (Å²) >= 11 is 0. The molecule has 2 heteroatoms. The van der Waals surface area contributed by atoms with E-state index in [2.05, 4.69) is 0 Å². The lowest BCUT2D eigenvalue weighted by molar-refractivity contribution is -0.143. The number of esters is 1. The fraction of sp³-hybridized carbons (Fsp3) is 0.900. The van der Waals surface area contributed by atoms with E-state index in [9.17, 15) is 4.79 Å². The summed E-state index contributed by atoms with van der Waals surface area (Å²) in [6.45, 7) is 0.698. The molecule has 0 aromatic rings. The Morgan fingerprint density at radius 1 is 1.08 bits per heavy atom. The Morgan fingerprint density at radius 2 is 1.83 bits per heavy atom. The fourth-order valence-electron chi connectivity index (χ4n) is 2.46. The highest BCUT2D eigenvalue weighted by Crippen LogP contribution is 2.35. The van der Waals surface area contributed by atoms with E-state index >= 15 is 0 Å². The number of hydrogen-bond acceptors (Lipinski definition) is 2. The van der Waals surface area contributed by atoms with Gasteiger partial charge >= 0.3 is 5.97 Å². The Balaban J connectivity index is 1.98. The van der Waals surface area contributed by atoms with Crippen LogP contribution in [0.4, 0.5) is 0 Å². The van der Waals surface area contributed by atoms with E-state index in [0.29, 0.717) is 18.9 Å². The summed E-state index contributed by atoms with van der Waals surface area (Å²) in [6.07, 6.45) is 7.01. The zero-order valence-electron chi connectivity index (χ0n) is 7.42. The van der Waals surface area contributed by atoms with Crippen LogP contribution in [0.2, 0.25) is 0 Å².